The minimum atomic E-state index is -0.939. The third kappa shape index (κ3) is 2.62. The SMILES string of the molecule is CC1(C)[C@H](C(=O)O)[C@@H]1C(=O)Nc1cc(Br)ccc1Cl. The van der Waals surface area contributed by atoms with Crippen LogP contribution in [0.25, 0.3) is 0 Å². The van der Waals surface area contributed by atoms with Gasteiger partial charge in [-0.1, -0.05) is 41.4 Å². The van der Waals surface area contributed by atoms with Gasteiger partial charge in [0.25, 0.3) is 0 Å². The predicted molar refractivity (Wildman–Crippen MR) is 76.2 cm³/mol. The summed E-state index contributed by atoms with van der Waals surface area (Å²) >= 11 is 9.28. The zero-order chi connectivity index (χ0) is 14.4. The maximum absolute atomic E-state index is 12.1. The molecule has 1 amide bonds. The van der Waals surface area contributed by atoms with E-state index in [-0.39, 0.29) is 5.91 Å². The molecule has 0 radical (unpaired) electrons. The van der Waals surface area contributed by atoms with E-state index in [2.05, 4.69) is 21.2 Å². The fourth-order valence-corrected chi connectivity index (χ4v) is 2.92. The number of halogens is 2. The van der Waals surface area contributed by atoms with Gasteiger partial charge in [0.15, 0.2) is 0 Å². The van der Waals surface area contributed by atoms with Gasteiger partial charge in [0.2, 0.25) is 5.91 Å². The monoisotopic (exact) mass is 345 g/mol. The van der Waals surface area contributed by atoms with Crippen LogP contribution in [0, 0.1) is 17.3 Å². The van der Waals surface area contributed by atoms with Crippen LogP contribution in [-0.2, 0) is 9.59 Å². The number of carboxylic acids is 1. The normalized spacial score (nSPS) is 23.8. The van der Waals surface area contributed by atoms with E-state index in [0.29, 0.717) is 10.7 Å². The molecular formula is C13H13BrClNO3. The molecule has 2 atom stereocenters. The van der Waals surface area contributed by atoms with Crippen molar-refractivity contribution in [3.8, 4) is 0 Å². The Balaban J connectivity index is 2.15. The molecule has 0 unspecified atom stereocenters. The molecule has 1 aromatic carbocycles. The van der Waals surface area contributed by atoms with Gasteiger partial charge in [-0.15, -0.1) is 0 Å². The van der Waals surface area contributed by atoms with E-state index in [1.807, 2.05) is 0 Å². The molecule has 19 heavy (non-hydrogen) atoms. The summed E-state index contributed by atoms with van der Waals surface area (Å²) in [6.07, 6.45) is 0. The predicted octanol–water partition coefficient (Wildman–Crippen LogP) is 3.40. The number of anilines is 1. The van der Waals surface area contributed by atoms with Crippen LogP contribution in [0.4, 0.5) is 5.69 Å². The Hall–Kier alpha value is -1.07. The zero-order valence-corrected chi connectivity index (χ0v) is 12.7. The lowest BCUT2D eigenvalue weighted by Gasteiger charge is -2.08. The standard InChI is InChI=1S/C13H13BrClNO3/c1-13(2)9(10(13)12(18)19)11(17)16-8-5-6(14)3-4-7(8)15/h3-5,9-10H,1-2H3,(H,16,17)(H,18,19)/t9-,10+/m1/s1. The van der Waals surface area contributed by atoms with Crippen molar-refractivity contribution in [2.45, 2.75) is 13.8 Å². The minimum absolute atomic E-state index is 0.308. The summed E-state index contributed by atoms with van der Waals surface area (Å²) in [6.45, 7) is 3.55. The number of benzene rings is 1. The van der Waals surface area contributed by atoms with Gasteiger partial charge in [0.05, 0.1) is 22.5 Å². The quantitative estimate of drug-likeness (QED) is 0.881. The average Bonchev–Trinajstić information content (AvgIpc) is 2.87. The maximum Gasteiger partial charge on any atom is 0.307 e. The van der Waals surface area contributed by atoms with Crippen LogP contribution < -0.4 is 5.32 Å². The van der Waals surface area contributed by atoms with Crippen molar-refractivity contribution >= 4 is 45.1 Å². The zero-order valence-electron chi connectivity index (χ0n) is 10.4. The van der Waals surface area contributed by atoms with Gasteiger partial charge in [0.1, 0.15) is 0 Å². The molecule has 0 heterocycles. The van der Waals surface area contributed by atoms with Crippen molar-refractivity contribution in [1.82, 2.24) is 0 Å². The smallest absolute Gasteiger partial charge is 0.307 e. The highest BCUT2D eigenvalue weighted by molar-refractivity contribution is 9.10. The lowest BCUT2D eigenvalue weighted by Crippen LogP contribution is -2.18. The number of rotatable bonds is 3. The summed E-state index contributed by atoms with van der Waals surface area (Å²) in [5.41, 5.74) is -0.0399. The molecule has 2 N–H and O–H groups in total. The number of carboxylic acid groups (broad SMARTS) is 1. The average molecular weight is 347 g/mol. The lowest BCUT2D eigenvalue weighted by molar-refractivity contribution is -0.140. The molecule has 0 bridgehead atoms. The molecular weight excluding hydrogens is 334 g/mol. The van der Waals surface area contributed by atoms with Gasteiger partial charge in [-0.2, -0.15) is 0 Å². The number of hydrogen-bond donors (Lipinski definition) is 2. The first-order valence-corrected chi connectivity index (χ1v) is 6.91. The molecule has 0 aromatic heterocycles. The third-order valence-corrected chi connectivity index (χ3v) is 4.38. The van der Waals surface area contributed by atoms with E-state index in [0.717, 1.165) is 4.47 Å². The molecule has 1 aliphatic rings. The second-order valence-electron chi connectivity index (χ2n) is 5.23. The topological polar surface area (TPSA) is 66.4 Å². The Morgan fingerprint density at radius 3 is 2.53 bits per heavy atom. The molecule has 0 aliphatic heterocycles. The van der Waals surface area contributed by atoms with E-state index in [1.54, 1.807) is 32.0 Å². The number of amides is 1. The van der Waals surface area contributed by atoms with E-state index < -0.39 is 23.2 Å². The Morgan fingerprint density at radius 2 is 2.00 bits per heavy atom. The van der Waals surface area contributed by atoms with Crippen molar-refractivity contribution < 1.29 is 14.7 Å². The number of carbonyl (C=O) groups excluding carboxylic acids is 1. The second-order valence-corrected chi connectivity index (χ2v) is 6.55. The number of nitrogens with one attached hydrogen (secondary N) is 1. The Morgan fingerprint density at radius 1 is 1.37 bits per heavy atom. The fourth-order valence-electron chi connectivity index (χ4n) is 2.39. The van der Waals surface area contributed by atoms with E-state index >= 15 is 0 Å². The van der Waals surface area contributed by atoms with Crippen LogP contribution >= 0.6 is 27.5 Å². The van der Waals surface area contributed by atoms with E-state index in [1.165, 1.54) is 0 Å². The highest BCUT2D eigenvalue weighted by atomic mass is 79.9. The van der Waals surface area contributed by atoms with E-state index in [4.69, 9.17) is 16.7 Å². The third-order valence-electron chi connectivity index (χ3n) is 3.56. The first-order chi connectivity index (χ1) is 8.75. The van der Waals surface area contributed by atoms with Crippen LogP contribution in [0.5, 0.6) is 0 Å². The van der Waals surface area contributed by atoms with Crippen molar-refractivity contribution in [3.63, 3.8) is 0 Å². The molecule has 1 aliphatic carbocycles. The minimum Gasteiger partial charge on any atom is -0.481 e. The molecule has 0 saturated heterocycles. The van der Waals surface area contributed by atoms with E-state index in [9.17, 15) is 9.59 Å². The summed E-state index contributed by atoms with van der Waals surface area (Å²) in [5, 5.41) is 12.2. The summed E-state index contributed by atoms with van der Waals surface area (Å²) in [4.78, 5) is 23.2. The van der Waals surface area contributed by atoms with Gasteiger partial charge in [0, 0.05) is 4.47 Å². The van der Waals surface area contributed by atoms with Crippen LogP contribution in [0.1, 0.15) is 13.8 Å². The summed E-state index contributed by atoms with van der Waals surface area (Å²) in [6, 6.07) is 5.11. The van der Waals surface area contributed by atoms with Gasteiger partial charge in [-0.05, 0) is 23.6 Å². The first kappa shape index (κ1) is 14.3. The highest BCUT2D eigenvalue weighted by Crippen LogP contribution is 2.58. The second kappa shape index (κ2) is 4.80. The molecule has 2 rings (SSSR count). The molecule has 1 fully saturated rings. The van der Waals surface area contributed by atoms with Crippen LogP contribution in [0.2, 0.25) is 5.02 Å². The molecule has 102 valence electrons. The molecule has 1 aromatic rings. The molecule has 1 saturated carbocycles. The summed E-state index contributed by atoms with van der Waals surface area (Å²) in [5.74, 6) is -2.42. The van der Waals surface area contributed by atoms with Crippen molar-refractivity contribution in [1.29, 1.82) is 0 Å². The van der Waals surface area contributed by atoms with Crippen molar-refractivity contribution in [2.75, 3.05) is 5.32 Å². The number of carbonyl (C=O) groups is 2. The lowest BCUT2D eigenvalue weighted by atomic mass is 10.1. The number of aliphatic carboxylic acids is 1. The fraction of sp³-hybridized carbons (Fsp3) is 0.385. The van der Waals surface area contributed by atoms with Crippen molar-refractivity contribution in [2.24, 2.45) is 17.3 Å². The Bertz CT molecular complexity index is 559. The summed E-state index contributed by atoms with van der Waals surface area (Å²) < 4.78 is 0.789. The molecule has 0 spiro atoms. The summed E-state index contributed by atoms with van der Waals surface area (Å²) in [7, 11) is 0. The molecule has 6 heteroatoms. The highest BCUT2D eigenvalue weighted by Gasteiger charge is 2.65. The largest absolute Gasteiger partial charge is 0.481 e. The van der Waals surface area contributed by atoms with Gasteiger partial charge in [-0.25, -0.2) is 0 Å². The van der Waals surface area contributed by atoms with Gasteiger partial charge >= 0.3 is 5.97 Å². The van der Waals surface area contributed by atoms with Crippen LogP contribution in [0.3, 0.4) is 0 Å². The Kier molecular flexibility index (Phi) is 3.62. The number of hydrogen-bond acceptors (Lipinski definition) is 2. The van der Waals surface area contributed by atoms with Gasteiger partial charge in [-0.3, -0.25) is 9.59 Å². The Labute approximate surface area is 124 Å². The first-order valence-electron chi connectivity index (χ1n) is 5.74. The van der Waals surface area contributed by atoms with Gasteiger partial charge < -0.3 is 10.4 Å². The van der Waals surface area contributed by atoms with Crippen LogP contribution in [0.15, 0.2) is 22.7 Å². The van der Waals surface area contributed by atoms with Crippen molar-refractivity contribution in [3.05, 3.63) is 27.7 Å². The van der Waals surface area contributed by atoms with Crippen LogP contribution in [-0.4, -0.2) is 17.0 Å². The molecule has 4 nitrogen and oxygen atoms in total. The maximum atomic E-state index is 12.1.